The minimum Gasteiger partial charge on any atom is -0.463 e. The minimum atomic E-state index is -1.02. The zero-order chi connectivity index (χ0) is 39.7. The Balaban J connectivity index is 1.43. The maximum absolute atomic E-state index is 14.1. The molecule has 0 bridgehead atoms. The molecule has 4 aromatic rings. The highest BCUT2D eigenvalue weighted by atomic mass is 16.6. The van der Waals surface area contributed by atoms with Crippen molar-refractivity contribution in [2.75, 3.05) is 6.61 Å². The molecule has 0 unspecified atom stereocenters. The Morgan fingerprint density at radius 1 is 0.891 bits per heavy atom. The molecule has 0 saturated carbocycles. The Morgan fingerprint density at radius 3 is 1.93 bits per heavy atom. The standard InChI is InChI=1S/C43H52N4O8/c1-6-27(3)37(44)40(50)45-38(28(4)7-2)41(51)55-33-23-35(47-25-29(5)39(49)46-42(47)52)54-34(33)26-53-36(48)24-43(30-17-11-8-12-18-30,31-19-13-9-14-20-31)32-21-15-10-16-22-32/h8-22,25,27-28,33-35,37-38H,6-7,23-24,26,44H2,1-5H3,(H,45,50)(H,46,49,52)/t27-,28-,33-,34+,35+,37-,38-/m0/s1. The van der Waals surface area contributed by atoms with E-state index in [1.807, 2.05) is 119 Å². The van der Waals surface area contributed by atoms with Gasteiger partial charge in [0.25, 0.3) is 5.56 Å². The van der Waals surface area contributed by atoms with Crippen LogP contribution >= 0.6 is 0 Å². The van der Waals surface area contributed by atoms with Crippen LogP contribution in [0.1, 0.15) is 81.9 Å². The molecule has 1 aromatic heterocycles. The number of carbonyl (C=O) groups is 3. The lowest BCUT2D eigenvalue weighted by molar-refractivity contribution is -0.162. The van der Waals surface area contributed by atoms with E-state index in [2.05, 4.69) is 10.3 Å². The lowest BCUT2D eigenvalue weighted by Crippen LogP contribution is -2.53. The maximum Gasteiger partial charge on any atom is 0.330 e. The molecular formula is C43H52N4O8. The fraction of sp³-hybridized carbons (Fsp3) is 0.419. The number of H-pyrrole nitrogens is 1. The first-order chi connectivity index (χ1) is 26.4. The number of rotatable bonds is 16. The molecule has 12 heteroatoms. The zero-order valence-electron chi connectivity index (χ0n) is 32.1. The topological polar surface area (TPSA) is 172 Å². The van der Waals surface area contributed by atoms with Crippen LogP contribution in [-0.2, 0) is 34.0 Å². The molecule has 1 aliphatic rings. The number of benzene rings is 3. The van der Waals surface area contributed by atoms with E-state index < -0.39 is 65.0 Å². The van der Waals surface area contributed by atoms with Crippen molar-refractivity contribution in [1.82, 2.24) is 14.9 Å². The smallest absolute Gasteiger partial charge is 0.330 e. The van der Waals surface area contributed by atoms with E-state index in [0.717, 1.165) is 16.7 Å². The van der Waals surface area contributed by atoms with E-state index in [9.17, 15) is 24.0 Å². The average molecular weight is 753 g/mol. The molecule has 1 amide bonds. The van der Waals surface area contributed by atoms with Crippen LogP contribution in [0.5, 0.6) is 0 Å². The quantitative estimate of drug-likeness (QED) is 0.106. The molecule has 5 rings (SSSR count). The number of aromatic amines is 1. The molecule has 0 spiro atoms. The summed E-state index contributed by atoms with van der Waals surface area (Å²) in [7, 11) is 0. The second-order valence-corrected chi connectivity index (χ2v) is 14.5. The van der Waals surface area contributed by atoms with Gasteiger partial charge in [0.2, 0.25) is 5.91 Å². The van der Waals surface area contributed by atoms with Gasteiger partial charge in [-0.3, -0.25) is 23.9 Å². The van der Waals surface area contributed by atoms with E-state index in [-0.39, 0.29) is 36.8 Å². The van der Waals surface area contributed by atoms with Crippen LogP contribution in [0.15, 0.2) is 107 Å². The number of amides is 1. The summed E-state index contributed by atoms with van der Waals surface area (Å²) < 4.78 is 19.6. The fourth-order valence-corrected chi connectivity index (χ4v) is 7.02. The molecule has 55 heavy (non-hydrogen) atoms. The Kier molecular flexibility index (Phi) is 13.6. The Bertz CT molecular complexity index is 1920. The molecule has 2 heterocycles. The van der Waals surface area contributed by atoms with Gasteiger partial charge in [0.05, 0.1) is 17.9 Å². The number of aromatic nitrogens is 2. The highest BCUT2D eigenvalue weighted by molar-refractivity contribution is 5.87. The maximum atomic E-state index is 14.1. The molecule has 1 saturated heterocycles. The summed E-state index contributed by atoms with van der Waals surface area (Å²) in [6.45, 7) is 8.78. The normalized spacial score (nSPS) is 19.1. The number of esters is 2. The highest BCUT2D eigenvalue weighted by Crippen LogP contribution is 2.42. The van der Waals surface area contributed by atoms with E-state index in [0.29, 0.717) is 12.8 Å². The van der Waals surface area contributed by atoms with Gasteiger partial charge in [-0.25, -0.2) is 9.59 Å². The minimum absolute atomic E-state index is 0.00882. The monoisotopic (exact) mass is 752 g/mol. The van der Waals surface area contributed by atoms with Crippen LogP contribution in [0.2, 0.25) is 0 Å². The Labute approximate surface area is 321 Å². The third kappa shape index (κ3) is 9.32. The summed E-state index contributed by atoms with van der Waals surface area (Å²) in [4.78, 5) is 68.5. The first-order valence-electron chi connectivity index (χ1n) is 19.0. The predicted molar refractivity (Wildman–Crippen MR) is 208 cm³/mol. The van der Waals surface area contributed by atoms with E-state index in [1.165, 1.54) is 10.8 Å². The van der Waals surface area contributed by atoms with Crippen molar-refractivity contribution < 1.29 is 28.6 Å². The zero-order valence-corrected chi connectivity index (χ0v) is 32.1. The van der Waals surface area contributed by atoms with Crippen LogP contribution in [-0.4, -0.2) is 58.3 Å². The molecule has 0 radical (unpaired) electrons. The van der Waals surface area contributed by atoms with Crippen molar-refractivity contribution in [1.29, 1.82) is 0 Å². The molecule has 1 aliphatic heterocycles. The Hall–Kier alpha value is -5.33. The predicted octanol–water partition coefficient (Wildman–Crippen LogP) is 4.92. The average Bonchev–Trinajstić information content (AvgIpc) is 3.61. The van der Waals surface area contributed by atoms with Crippen LogP contribution in [0, 0.1) is 18.8 Å². The summed E-state index contributed by atoms with van der Waals surface area (Å²) in [5.41, 5.74) is 7.02. The largest absolute Gasteiger partial charge is 0.463 e. The number of ether oxygens (including phenoxy) is 3. The van der Waals surface area contributed by atoms with Crippen molar-refractivity contribution in [3.63, 3.8) is 0 Å². The van der Waals surface area contributed by atoms with Gasteiger partial charge in [-0.1, -0.05) is 132 Å². The summed E-state index contributed by atoms with van der Waals surface area (Å²) in [5, 5.41) is 2.80. The van der Waals surface area contributed by atoms with Gasteiger partial charge in [0.1, 0.15) is 31.1 Å². The van der Waals surface area contributed by atoms with Gasteiger partial charge >= 0.3 is 17.6 Å². The molecule has 3 aromatic carbocycles. The molecular weight excluding hydrogens is 700 g/mol. The van der Waals surface area contributed by atoms with Gasteiger partial charge in [-0.15, -0.1) is 0 Å². The van der Waals surface area contributed by atoms with Gasteiger partial charge < -0.3 is 25.3 Å². The SMILES string of the molecule is CC[C@H](C)[C@H](N)C(=O)N[C@H](C(=O)O[C@H]1C[C@H](n2cc(C)c(=O)[nH]c2=O)O[C@@H]1COC(=O)CC(c1ccccc1)(c1ccccc1)c1ccccc1)[C@@H](C)CC. The number of aryl methyl sites for hydroxylation is 1. The fourth-order valence-electron chi connectivity index (χ4n) is 7.02. The summed E-state index contributed by atoms with van der Waals surface area (Å²) in [6, 6.07) is 27.4. The lowest BCUT2D eigenvalue weighted by atomic mass is 9.67. The third-order valence-electron chi connectivity index (χ3n) is 10.8. The number of nitrogens with two attached hydrogens (primary N) is 1. The summed E-state index contributed by atoms with van der Waals surface area (Å²) >= 11 is 0. The van der Waals surface area contributed by atoms with E-state index in [4.69, 9.17) is 19.9 Å². The lowest BCUT2D eigenvalue weighted by Gasteiger charge is -2.35. The van der Waals surface area contributed by atoms with E-state index >= 15 is 0 Å². The summed E-state index contributed by atoms with van der Waals surface area (Å²) in [5.74, 6) is -2.11. The molecule has 4 N–H and O–H groups in total. The summed E-state index contributed by atoms with van der Waals surface area (Å²) in [6.07, 6.45) is -0.381. The van der Waals surface area contributed by atoms with Crippen LogP contribution in [0.25, 0.3) is 0 Å². The number of hydrogen-bond acceptors (Lipinski definition) is 9. The molecule has 1 fully saturated rings. The molecule has 292 valence electrons. The van der Waals surface area contributed by atoms with Gasteiger partial charge in [-0.2, -0.15) is 0 Å². The highest BCUT2D eigenvalue weighted by Gasteiger charge is 2.44. The number of nitrogens with one attached hydrogen (secondary N) is 2. The first-order valence-corrected chi connectivity index (χ1v) is 19.0. The van der Waals surface area contributed by atoms with Crippen LogP contribution in [0.4, 0.5) is 0 Å². The molecule has 0 aliphatic carbocycles. The van der Waals surface area contributed by atoms with Crippen LogP contribution in [0.3, 0.4) is 0 Å². The second kappa shape index (κ2) is 18.3. The van der Waals surface area contributed by atoms with Crippen molar-refractivity contribution in [3.8, 4) is 0 Å². The van der Waals surface area contributed by atoms with Crippen LogP contribution < -0.4 is 22.3 Å². The van der Waals surface area contributed by atoms with Gasteiger partial charge in [0.15, 0.2) is 0 Å². The van der Waals surface area contributed by atoms with Crippen molar-refractivity contribution >= 4 is 17.8 Å². The number of hydrogen-bond donors (Lipinski definition) is 3. The van der Waals surface area contributed by atoms with Gasteiger partial charge in [0, 0.05) is 18.2 Å². The van der Waals surface area contributed by atoms with Gasteiger partial charge in [-0.05, 0) is 35.4 Å². The van der Waals surface area contributed by atoms with Crippen molar-refractivity contribution in [2.24, 2.45) is 17.6 Å². The second-order valence-electron chi connectivity index (χ2n) is 14.5. The van der Waals surface area contributed by atoms with Crippen molar-refractivity contribution in [3.05, 3.63) is 140 Å². The number of nitrogens with zero attached hydrogens (tertiary/aromatic N) is 1. The molecule has 12 nitrogen and oxygen atoms in total. The Morgan fingerprint density at radius 2 is 1.42 bits per heavy atom. The molecule has 7 atom stereocenters. The first kappa shape index (κ1) is 40.8. The third-order valence-corrected chi connectivity index (χ3v) is 10.8. The van der Waals surface area contributed by atoms with E-state index in [1.54, 1.807) is 6.92 Å². The number of carbonyl (C=O) groups excluding carboxylic acids is 3. The van der Waals surface area contributed by atoms with Crippen molar-refractivity contribution in [2.45, 2.75) is 96.2 Å².